The van der Waals surface area contributed by atoms with Gasteiger partial charge in [-0.25, -0.2) is 0 Å². The lowest BCUT2D eigenvalue weighted by Crippen LogP contribution is -2.38. The first-order valence-electron chi connectivity index (χ1n) is 17.6. The topological polar surface area (TPSA) is 91.6 Å². The van der Waals surface area contributed by atoms with Gasteiger partial charge in [0.1, 0.15) is 5.82 Å². The molecule has 4 atom stereocenters. The summed E-state index contributed by atoms with van der Waals surface area (Å²) in [5.74, 6) is 0.415. The Morgan fingerprint density at radius 2 is 2.10 bits per heavy atom. The van der Waals surface area contributed by atoms with Crippen LogP contribution in [-0.4, -0.2) is 72.2 Å². The first-order valence-corrected chi connectivity index (χ1v) is 17.6. The Bertz CT molecular complexity index is 1600. The summed E-state index contributed by atoms with van der Waals surface area (Å²) in [6, 6.07) is 8.73. The predicted molar refractivity (Wildman–Crippen MR) is 187 cm³/mol. The van der Waals surface area contributed by atoms with Crippen LogP contribution >= 0.6 is 0 Å². The number of anilines is 1. The number of likely N-dealkylation sites (tertiary alicyclic amines) is 1. The summed E-state index contributed by atoms with van der Waals surface area (Å²) in [4.78, 5) is 26.5. The van der Waals surface area contributed by atoms with Crippen LogP contribution < -0.4 is 9.64 Å². The summed E-state index contributed by atoms with van der Waals surface area (Å²) in [5, 5.41) is 9.46. The maximum Gasteiger partial charge on any atom is 0.416 e. The van der Waals surface area contributed by atoms with Gasteiger partial charge in [0.25, 0.3) is 0 Å². The van der Waals surface area contributed by atoms with E-state index in [1.165, 1.54) is 12.1 Å². The summed E-state index contributed by atoms with van der Waals surface area (Å²) in [5.41, 5.74) is 2.90. The van der Waals surface area contributed by atoms with E-state index in [9.17, 15) is 23.2 Å². The summed E-state index contributed by atoms with van der Waals surface area (Å²) in [6.07, 6.45) is 1.87. The average Bonchev–Trinajstić information content (AvgIpc) is 3.67. The third-order valence-electron chi connectivity index (χ3n) is 10.0. The van der Waals surface area contributed by atoms with Gasteiger partial charge in [-0.05, 0) is 68.1 Å². The van der Waals surface area contributed by atoms with Crippen molar-refractivity contribution in [2.75, 3.05) is 44.3 Å². The first-order chi connectivity index (χ1) is 23.9. The van der Waals surface area contributed by atoms with Crippen LogP contribution in [0.4, 0.5) is 19.0 Å². The first kappa shape index (κ1) is 37.3. The number of fused-ring (bicyclic) bond motifs is 3. The van der Waals surface area contributed by atoms with E-state index in [0.717, 1.165) is 61.0 Å². The molecule has 1 aromatic heterocycles. The molecule has 2 aliphatic heterocycles. The lowest BCUT2D eigenvalue weighted by molar-refractivity contribution is -0.138. The van der Waals surface area contributed by atoms with Gasteiger partial charge in [-0.1, -0.05) is 56.0 Å². The Balaban J connectivity index is 1.40. The molecule has 0 saturated carbocycles. The molecule has 0 amide bonds. The number of carbonyl (C=O) groups excluding carboxylic acids is 1. The fraction of sp³-hybridized carbons (Fsp3) is 0.538. The quantitative estimate of drug-likeness (QED) is 0.0752. The molecule has 50 heavy (non-hydrogen) atoms. The van der Waals surface area contributed by atoms with Crippen LogP contribution in [-0.2, 0) is 35.0 Å². The van der Waals surface area contributed by atoms with Crippen molar-refractivity contribution in [2.45, 2.75) is 83.0 Å². The summed E-state index contributed by atoms with van der Waals surface area (Å²) in [7, 11) is 0. The number of alkyl halides is 3. The Kier molecular flexibility index (Phi) is 12.5. The maximum atomic E-state index is 13.9. The van der Waals surface area contributed by atoms with Gasteiger partial charge in [0.15, 0.2) is 5.78 Å². The molecule has 2 aromatic rings. The Morgan fingerprint density at radius 3 is 2.80 bits per heavy atom. The number of hydrogen-bond donors (Lipinski definition) is 0. The van der Waals surface area contributed by atoms with Crippen LogP contribution in [0.3, 0.4) is 0 Å². The molecule has 2 bridgehead atoms. The van der Waals surface area contributed by atoms with E-state index >= 15 is 0 Å². The summed E-state index contributed by atoms with van der Waals surface area (Å²) < 4.78 is 53.6. The zero-order valence-corrected chi connectivity index (χ0v) is 29.0. The van der Waals surface area contributed by atoms with Crippen LogP contribution in [0.5, 0.6) is 6.01 Å². The van der Waals surface area contributed by atoms with Gasteiger partial charge >= 0.3 is 12.2 Å². The van der Waals surface area contributed by atoms with Crippen molar-refractivity contribution in [3.05, 3.63) is 83.6 Å². The molecule has 268 valence electrons. The van der Waals surface area contributed by atoms with Gasteiger partial charge in [-0.3, -0.25) is 9.69 Å². The molecule has 1 aromatic carbocycles. The molecule has 1 aliphatic carbocycles. The minimum absolute atomic E-state index is 0.0187. The smallest absolute Gasteiger partial charge is 0.416 e. The number of ketones is 1. The Labute approximate surface area is 293 Å². The number of halogens is 3. The Morgan fingerprint density at radius 1 is 1.30 bits per heavy atom. The van der Waals surface area contributed by atoms with E-state index < -0.39 is 11.7 Å². The number of benzene rings is 1. The van der Waals surface area contributed by atoms with Gasteiger partial charge in [0.05, 0.1) is 36.6 Å². The number of nitriles is 1. The predicted octanol–water partition coefficient (Wildman–Crippen LogP) is 7.09. The van der Waals surface area contributed by atoms with Gasteiger partial charge in [0.2, 0.25) is 0 Å². The molecule has 0 spiro atoms. The van der Waals surface area contributed by atoms with E-state index in [4.69, 9.17) is 19.4 Å². The van der Waals surface area contributed by atoms with Crippen molar-refractivity contribution < 1.29 is 27.4 Å². The van der Waals surface area contributed by atoms with E-state index in [0.29, 0.717) is 69.8 Å². The molecular formula is C39H48F3N5O3. The number of aromatic nitrogens is 2. The minimum Gasteiger partial charge on any atom is -0.463 e. The summed E-state index contributed by atoms with van der Waals surface area (Å²) in [6.45, 7) is 18.1. The Hall–Kier alpha value is -4.01. The fourth-order valence-corrected chi connectivity index (χ4v) is 7.36. The molecule has 2 saturated heterocycles. The van der Waals surface area contributed by atoms with Gasteiger partial charge in [-0.15, -0.1) is 0 Å². The molecule has 3 aliphatic rings. The molecule has 11 heteroatoms. The minimum atomic E-state index is -4.44. The molecule has 2 unspecified atom stereocenters. The zero-order valence-electron chi connectivity index (χ0n) is 29.0. The monoisotopic (exact) mass is 691 g/mol. The third-order valence-corrected chi connectivity index (χ3v) is 10.0. The van der Waals surface area contributed by atoms with Crippen LogP contribution in [0.25, 0.3) is 0 Å². The highest BCUT2D eigenvalue weighted by atomic mass is 19.4. The number of carbonyl (C=O) groups is 1. The van der Waals surface area contributed by atoms with Gasteiger partial charge < -0.3 is 14.4 Å². The van der Waals surface area contributed by atoms with Crippen molar-refractivity contribution >= 4 is 11.6 Å². The third kappa shape index (κ3) is 9.61. The van der Waals surface area contributed by atoms with Gasteiger partial charge in [0, 0.05) is 57.0 Å². The van der Waals surface area contributed by atoms with Crippen LogP contribution in [0, 0.1) is 23.2 Å². The molecule has 0 radical (unpaired) electrons. The standard InChI is InChI=1S/C39H48F3N5O3/c1-5-32(48)19-26(2)14-17-47(23-27(3)13-15-43)37-34-12-11-29(21-30-9-6-7-10-35(30)39(40,41)42)28(4)20-36(34)44-38(45-37)49-18-8-16-46-24-33-22-31(46)25-50-33/h5-7,9-10,27,29,31,33H,1-2,4,8,11-14,16-25H2,3H3/t27?,29?,31-,33-/m1/s1. The molecule has 0 N–H and O–H groups in total. The van der Waals surface area contributed by atoms with E-state index in [-0.39, 0.29) is 42.0 Å². The number of morpholine rings is 1. The number of ether oxygens (including phenoxy) is 2. The van der Waals surface area contributed by atoms with Crippen LogP contribution in [0.15, 0.2) is 61.2 Å². The molecule has 3 heterocycles. The molecule has 2 fully saturated rings. The van der Waals surface area contributed by atoms with Crippen LogP contribution in [0.1, 0.15) is 67.8 Å². The van der Waals surface area contributed by atoms with Crippen LogP contribution in [0.2, 0.25) is 0 Å². The van der Waals surface area contributed by atoms with E-state index in [1.807, 2.05) is 6.92 Å². The fourth-order valence-electron chi connectivity index (χ4n) is 7.36. The number of rotatable bonds is 17. The lowest BCUT2D eigenvalue weighted by atomic mass is 9.87. The van der Waals surface area contributed by atoms with Crippen molar-refractivity contribution in [1.82, 2.24) is 14.9 Å². The highest BCUT2D eigenvalue weighted by molar-refractivity contribution is 5.90. The normalized spacial score (nSPS) is 20.9. The average molecular weight is 692 g/mol. The van der Waals surface area contributed by atoms with Gasteiger partial charge in [-0.2, -0.15) is 28.4 Å². The van der Waals surface area contributed by atoms with Crippen molar-refractivity contribution in [3.8, 4) is 12.1 Å². The van der Waals surface area contributed by atoms with E-state index in [2.05, 4.69) is 35.6 Å². The van der Waals surface area contributed by atoms with Crippen molar-refractivity contribution in [1.29, 1.82) is 5.26 Å². The number of nitrogens with zero attached hydrogens (tertiary/aromatic N) is 5. The summed E-state index contributed by atoms with van der Waals surface area (Å²) >= 11 is 0. The maximum absolute atomic E-state index is 13.9. The van der Waals surface area contributed by atoms with Crippen molar-refractivity contribution in [3.63, 3.8) is 0 Å². The second-order valence-corrected chi connectivity index (χ2v) is 14.0. The second-order valence-electron chi connectivity index (χ2n) is 14.0. The SMILES string of the molecule is C=CC(=O)CC(=C)CCN(CC(C)CC#N)c1nc(OCCCN2C[C@H]3C[C@@H]2CO3)nc2c1CCC(Cc1ccccc1C(F)(F)F)C(=C)C2. The highest BCUT2D eigenvalue weighted by Crippen LogP contribution is 2.38. The second kappa shape index (κ2) is 16.8. The largest absolute Gasteiger partial charge is 0.463 e. The number of allylic oxidation sites excluding steroid dienone is 2. The highest BCUT2D eigenvalue weighted by Gasteiger charge is 2.38. The number of hydrogen-bond acceptors (Lipinski definition) is 8. The van der Waals surface area contributed by atoms with Crippen molar-refractivity contribution in [2.24, 2.45) is 11.8 Å². The molecule has 8 nitrogen and oxygen atoms in total. The lowest BCUT2D eigenvalue weighted by Gasteiger charge is -2.29. The van der Waals surface area contributed by atoms with E-state index in [1.54, 1.807) is 12.1 Å². The molecule has 5 rings (SSSR count). The molecular weight excluding hydrogens is 643 g/mol. The zero-order chi connectivity index (χ0) is 35.8.